The van der Waals surface area contributed by atoms with Gasteiger partial charge in [-0.1, -0.05) is 0 Å². The number of carbonyl (C=O) groups excluding carboxylic acids is 2. The van der Waals surface area contributed by atoms with Gasteiger partial charge in [0.05, 0.1) is 32.9 Å². The van der Waals surface area contributed by atoms with E-state index in [1.54, 1.807) is 54.9 Å². The Kier molecular flexibility index (Phi) is 6.31. The number of carbonyl (C=O) groups is 2. The van der Waals surface area contributed by atoms with Gasteiger partial charge in [-0.3, -0.25) is 14.6 Å². The number of aliphatic hydroxyl groups is 1. The Hall–Kier alpha value is -4.73. The molecule has 37 heavy (non-hydrogen) atoms. The summed E-state index contributed by atoms with van der Waals surface area (Å²) in [5.74, 6) is 0.0863. The van der Waals surface area contributed by atoms with Crippen LogP contribution in [-0.4, -0.2) is 54.8 Å². The molecule has 1 saturated heterocycles. The van der Waals surface area contributed by atoms with Crippen LogP contribution in [0.2, 0.25) is 0 Å². The standard InChI is InChI=1S/C27H24N2O8/c1-33-20-11-17(12-21(34-2)26(20)35-3)23-22(24(30)16-4-5-18-19(10-16)37-14-36-18)25(31)27(32)29(23)13-15-6-8-28-9-7-15/h4-12,23,30H,13-14H2,1-3H3. The molecule has 3 aromatic rings. The number of fused-ring (bicyclic) bond motifs is 1. The van der Waals surface area contributed by atoms with Gasteiger partial charge in [-0.15, -0.1) is 0 Å². The molecule has 1 unspecified atom stereocenters. The smallest absolute Gasteiger partial charge is 0.295 e. The molecular formula is C27H24N2O8. The van der Waals surface area contributed by atoms with Gasteiger partial charge < -0.3 is 33.7 Å². The van der Waals surface area contributed by atoms with Gasteiger partial charge in [0.2, 0.25) is 12.5 Å². The first-order valence-electron chi connectivity index (χ1n) is 11.3. The quantitative estimate of drug-likeness (QED) is 0.293. The van der Waals surface area contributed by atoms with Crippen LogP contribution >= 0.6 is 0 Å². The van der Waals surface area contributed by atoms with Gasteiger partial charge in [-0.25, -0.2) is 0 Å². The zero-order valence-electron chi connectivity index (χ0n) is 20.4. The van der Waals surface area contributed by atoms with E-state index in [2.05, 4.69) is 4.98 Å². The molecule has 10 heteroatoms. The third kappa shape index (κ3) is 4.16. The zero-order chi connectivity index (χ0) is 26.1. The van der Waals surface area contributed by atoms with Gasteiger partial charge in [0.1, 0.15) is 5.76 Å². The van der Waals surface area contributed by atoms with Crippen molar-refractivity contribution < 1.29 is 38.4 Å². The number of amides is 1. The molecule has 1 N–H and O–H groups in total. The van der Waals surface area contributed by atoms with Crippen molar-refractivity contribution in [1.29, 1.82) is 0 Å². The summed E-state index contributed by atoms with van der Waals surface area (Å²) in [6, 6.07) is 10.7. The van der Waals surface area contributed by atoms with Crippen LogP contribution in [0.5, 0.6) is 28.7 Å². The van der Waals surface area contributed by atoms with E-state index >= 15 is 0 Å². The molecule has 1 aromatic heterocycles. The summed E-state index contributed by atoms with van der Waals surface area (Å²) < 4.78 is 27.2. The van der Waals surface area contributed by atoms with Crippen molar-refractivity contribution in [2.24, 2.45) is 0 Å². The maximum absolute atomic E-state index is 13.4. The highest BCUT2D eigenvalue weighted by atomic mass is 16.7. The van der Waals surface area contributed by atoms with Crippen LogP contribution in [0.15, 0.2) is 60.4 Å². The van der Waals surface area contributed by atoms with E-state index in [4.69, 9.17) is 23.7 Å². The van der Waals surface area contributed by atoms with Gasteiger partial charge in [0.25, 0.3) is 11.7 Å². The maximum Gasteiger partial charge on any atom is 0.295 e. The minimum atomic E-state index is -0.952. The minimum absolute atomic E-state index is 0.0569. The largest absolute Gasteiger partial charge is 0.507 e. The molecule has 2 aliphatic rings. The number of likely N-dealkylation sites (tertiary alicyclic amines) is 1. The van der Waals surface area contributed by atoms with Crippen molar-refractivity contribution in [1.82, 2.24) is 9.88 Å². The normalized spacial score (nSPS) is 17.7. The summed E-state index contributed by atoms with van der Waals surface area (Å²) in [6.45, 7) is 0.160. The molecule has 0 bridgehead atoms. The third-order valence-electron chi connectivity index (χ3n) is 6.29. The molecule has 0 radical (unpaired) electrons. The number of hydrogen-bond donors (Lipinski definition) is 1. The number of pyridine rings is 1. The van der Waals surface area contributed by atoms with Crippen LogP contribution in [-0.2, 0) is 16.1 Å². The fourth-order valence-corrected chi connectivity index (χ4v) is 4.53. The maximum atomic E-state index is 13.4. The average Bonchev–Trinajstić information content (AvgIpc) is 3.50. The zero-order valence-corrected chi connectivity index (χ0v) is 20.4. The predicted octanol–water partition coefficient (Wildman–Crippen LogP) is 3.46. The molecule has 5 rings (SSSR count). The predicted molar refractivity (Wildman–Crippen MR) is 131 cm³/mol. The van der Waals surface area contributed by atoms with Gasteiger partial charge >= 0.3 is 0 Å². The molecule has 2 aliphatic heterocycles. The monoisotopic (exact) mass is 504 g/mol. The first-order chi connectivity index (χ1) is 18.0. The van der Waals surface area contributed by atoms with Crippen LogP contribution in [0.3, 0.4) is 0 Å². The number of aromatic nitrogens is 1. The number of methoxy groups -OCH3 is 3. The number of Topliss-reactive ketones (excluding diaryl/α,β-unsaturated/α-hetero) is 1. The van der Waals surface area contributed by atoms with E-state index in [0.29, 0.717) is 39.9 Å². The molecule has 0 spiro atoms. The molecule has 10 nitrogen and oxygen atoms in total. The van der Waals surface area contributed by atoms with Gasteiger partial charge in [0, 0.05) is 24.5 Å². The van der Waals surface area contributed by atoms with Crippen LogP contribution in [0.25, 0.3) is 5.76 Å². The number of aliphatic hydroxyl groups excluding tert-OH is 1. The third-order valence-corrected chi connectivity index (χ3v) is 6.29. The lowest BCUT2D eigenvalue weighted by Gasteiger charge is -2.26. The fourth-order valence-electron chi connectivity index (χ4n) is 4.53. The second-order valence-corrected chi connectivity index (χ2v) is 8.31. The first-order valence-corrected chi connectivity index (χ1v) is 11.3. The van der Waals surface area contributed by atoms with E-state index in [-0.39, 0.29) is 24.7 Å². The highest BCUT2D eigenvalue weighted by molar-refractivity contribution is 6.46. The molecule has 1 fully saturated rings. The molecule has 3 heterocycles. The Bertz CT molecular complexity index is 1380. The van der Waals surface area contributed by atoms with Crippen molar-refractivity contribution in [2.75, 3.05) is 28.1 Å². The summed E-state index contributed by atoms with van der Waals surface area (Å²) >= 11 is 0. The lowest BCUT2D eigenvalue weighted by molar-refractivity contribution is -0.140. The average molecular weight is 504 g/mol. The molecule has 0 aliphatic carbocycles. The lowest BCUT2D eigenvalue weighted by Crippen LogP contribution is -2.29. The number of ketones is 1. The number of rotatable bonds is 7. The Labute approximate surface area is 212 Å². The van der Waals surface area contributed by atoms with Crippen molar-refractivity contribution in [3.8, 4) is 28.7 Å². The van der Waals surface area contributed by atoms with Crippen molar-refractivity contribution in [3.05, 3.63) is 77.1 Å². The number of hydrogen-bond acceptors (Lipinski definition) is 9. The summed E-state index contributed by atoms with van der Waals surface area (Å²) in [5.41, 5.74) is 1.48. The Morgan fingerprint density at radius 2 is 1.65 bits per heavy atom. The Morgan fingerprint density at radius 1 is 0.973 bits per heavy atom. The van der Waals surface area contributed by atoms with Crippen LogP contribution < -0.4 is 23.7 Å². The van der Waals surface area contributed by atoms with E-state index in [1.807, 2.05) is 0 Å². The van der Waals surface area contributed by atoms with E-state index in [9.17, 15) is 14.7 Å². The van der Waals surface area contributed by atoms with Crippen molar-refractivity contribution >= 4 is 17.4 Å². The van der Waals surface area contributed by atoms with Crippen LogP contribution in [0, 0.1) is 0 Å². The second kappa shape index (κ2) is 9.73. The van der Waals surface area contributed by atoms with Crippen molar-refractivity contribution in [3.63, 3.8) is 0 Å². The van der Waals surface area contributed by atoms with Crippen LogP contribution in [0.4, 0.5) is 0 Å². The van der Waals surface area contributed by atoms with E-state index < -0.39 is 17.7 Å². The van der Waals surface area contributed by atoms with Gasteiger partial charge in [-0.05, 0) is 53.6 Å². The van der Waals surface area contributed by atoms with E-state index in [1.165, 1.54) is 26.2 Å². The topological polar surface area (TPSA) is 117 Å². The number of benzene rings is 2. The molecule has 1 atom stereocenters. The lowest BCUT2D eigenvalue weighted by atomic mass is 9.94. The minimum Gasteiger partial charge on any atom is -0.507 e. The molecule has 1 amide bonds. The molecular weight excluding hydrogens is 480 g/mol. The van der Waals surface area contributed by atoms with Gasteiger partial charge in [-0.2, -0.15) is 0 Å². The summed E-state index contributed by atoms with van der Waals surface area (Å²) in [4.78, 5) is 32.2. The first kappa shape index (κ1) is 24.0. The number of ether oxygens (including phenoxy) is 5. The fraction of sp³-hybridized carbons (Fsp3) is 0.222. The summed E-state index contributed by atoms with van der Waals surface area (Å²) in [5, 5.41) is 11.4. The summed E-state index contributed by atoms with van der Waals surface area (Å²) in [6.07, 6.45) is 3.21. The Balaban J connectivity index is 1.70. The van der Waals surface area contributed by atoms with Crippen LogP contribution in [0.1, 0.15) is 22.7 Å². The molecule has 2 aromatic carbocycles. The second-order valence-electron chi connectivity index (χ2n) is 8.31. The molecule has 190 valence electrons. The highest BCUT2D eigenvalue weighted by Gasteiger charge is 2.46. The molecule has 0 saturated carbocycles. The highest BCUT2D eigenvalue weighted by Crippen LogP contribution is 2.46. The van der Waals surface area contributed by atoms with E-state index in [0.717, 1.165) is 5.56 Å². The SMILES string of the molecule is COc1cc(C2C(=C(O)c3ccc4c(c3)OCO4)C(=O)C(=O)N2Cc2ccncc2)cc(OC)c1OC. The Morgan fingerprint density at radius 3 is 2.30 bits per heavy atom. The van der Waals surface area contributed by atoms with Gasteiger partial charge in [0.15, 0.2) is 23.0 Å². The summed E-state index contributed by atoms with van der Waals surface area (Å²) in [7, 11) is 4.43. The number of nitrogens with zero attached hydrogens (tertiary/aromatic N) is 2. The van der Waals surface area contributed by atoms with Crippen molar-refractivity contribution in [2.45, 2.75) is 12.6 Å².